The number of aliphatic imine (C=N–C) groups is 1. The highest BCUT2D eigenvalue weighted by Gasteiger charge is 2.14. The van der Waals surface area contributed by atoms with E-state index in [1.807, 2.05) is 37.3 Å². The Kier molecular flexibility index (Phi) is 11.6. The standard InChI is InChI=1S/C22H29FN4O3S.HI/c1-4-27(15-17-8-6-5-7-9-17)21(28)14-26-22(24-2)25-13-19-12-20(23)11-10-18(19)16-31(3,29)30;/h5-12H,4,13-16H2,1-3H3,(H2,24,25,26);1H. The van der Waals surface area contributed by atoms with Gasteiger partial charge in [0.2, 0.25) is 5.91 Å². The van der Waals surface area contributed by atoms with Crippen molar-refractivity contribution in [3.8, 4) is 0 Å². The number of benzene rings is 2. The van der Waals surface area contributed by atoms with E-state index in [0.29, 0.717) is 30.2 Å². The average molecular weight is 576 g/mol. The molecule has 7 nitrogen and oxygen atoms in total. The molecule has 2 N–H and O–H groups in total. The lowest BCUT2D eigenvalue weighted by Gasteiger charge is -2.22. The van der Waals surface area contributed by atoms with Crippen molar-refractivity contribution in [3.63, 3.8) is 0 Å². The maximum atomic E-state index is 13.7. The van der Waals surface area contributed by atoms with Crippen molar-refractivity contribution in [3.05, 3.63) is 71.0 Å². The molecular formula is C22H30FIN4O3S. The largest absolute Gasteiger partial charge is 0.352 e. The predicted octanol–water partition coefficient (Wildman–Crippen LogP) is 2.70. The number of hydrogen-bond donors (Lipinski definition) is 2. The van der Waals surface area contributed by atoms with E-state index in [4.69, 9.17) is 0 Å². The number of rotatable bonds is 9. The van der Waals surface area contributed by atoms with Gasteiger partial charge in [-0.25, -0.2) is 12.8 Å². The average Bonchev–Trinajstić information content (AvgIpc) is 2.73. The van der Waals surface area contributed by atoms with Gasteiger partial charge in [-0.2, -0.15) is 0 Å². The van der Waals surface area contributed by atoms with Crippen molar-refractivity contribution in [1.82, 2.24) is 15.5 Å². The maximum Gasteiger partial charge on any atom is 0.242 e. The van der Waals surface area contributed by atoms with Gasteiger partial charge in [-0.15, -0.1) is 24.0 Å². The molecule has 2 aromatic rings. The highest BCUT2D eigenvalue weighted by atomic mass is 127. The number of sulfone groups is 1. The van der Waals surface area contributed by atoms with Crippen molar-refractivity contribution >= 4 is 45.7 Å². The summed E-state index contributed by atoms with van der Waals surface area (Å²) in [6.07, 6.45) is 1.13. The predicted molar refractivity (Wildman–Crippen MR) is 136 cm³/mol. The number of amides is 1. The number of guanidine groups is 1. The normalized spacial score (nSPS) is 11.4. The number of hydrogen-bond acceptors (Lipinski definition) is 4. The highest BCUT2D eigenvalue weighted by Crippen LogP contribution is 2.14. The third-order valence-corrected chi connectivity index (χ3v) is 5.45. The summed E-state index contributed by atoms with van der Waals surface area (Å²) in [7, 11) is -1.70. The second-order valence-corrected chi connectivity index (χ2v) is 9.30. The lowest BCUT2D eigenvalue weighted by atomic mass is 10.1. The molecule has 2 aromatic carbocycles. The van der Waals surface area contributed by atoms with E-state index in [2.05, 4.69) is 15.6 Å². The molecule has 0 saturated carbocycles. The Morgan fingerprint density at radius 1 is 1.09 bits per heavy atom. The van der Waals surface area contributed by atoms with Gasteiger partial charge in [-0.05, 0) is 35.7 Å². The molecule has 0 radical (unpaired) electrons. The van der Waals surface area contributed by atoms with Crippen LogP contribution in [0.1, 0.15) is 23.6 Å². The van der Waals surface area contributed by atoms with Crippen molar-refractivity contribution in [2.24, 2.45) is 4.99 Å². The van der Waals surface area contributed by atoms with Crippen LogP contribution in [-0.2, 0) is 33.5 Å². The summed E-state index contributed by atoms with van der Waals surface area (Å²) in [5.41, 5.74) is 2.08. The van der Waals surface area contributed by atoms with E-state index in [1.165, 1.54) is 18.2 Å². The number of carbonyl (C=O) groups is 1. The lowest BCUT2D eigenvalue weighted by Crippen LogP contribution is -2.44. The number of halogens is 2. The van der Waals surface area contributed by atoms with Gasteiger partial charge < -0.3 is 15.5 Å². The monoisotopic (exact) mass is 576 g/mol. The van der Waals surface area contributed by atoms with Gasteiger partial charge in [0.05, 0.1) is 12.3 Å². The van der Waals surface area contributed by atoms with Crippen LogP contribution in [0.25, 0.3) is 0 Å². The van der Waals surface area contributed by atoms with Crippen LogP contribution in [0.5, 0.6) is 0 Å². The summed E-state index contributed by atoms with van der Waals surface area (Å²) in [5, 5.41) is 5.97. The lowest BCUT2D eigenvalue weighted by molar-refractivity contribution is -0.130. The van der Waals surface area contributed by atoms with E-state index >= 15 is 0 Å². The summed E-state index contributed by atoms with van der Waals surface area (Å²) in [5.74, 6) is -0.358. The molecule has 0 aliphatic carbocycles. The fourth-order valence-electron chi connectivity index (χ4n) is 3.03. The van der Waals surface area contributed by atoms with E-state index in [9.17, 15) is 17.6 Å². The zero-order valence-electron chi connectivity index (χ0n) is 18.5. The molecule has 0 fully saturated rings. The quantitative estimate of drug-likeness (QED) is 0.272. The first-order valence-corrected chi connectivity index (χ1v) is 12.0. The van der Waals surface area contributed by atoms with Crippen LogP contribution in [0.15, 0.2) is 53.5 Å². The van der Waals surface area contributed by atoms with E-state index in [0.717, 1.165) is 11.8 Å². The number of carbonyl (C=O) groups excluding carboxylic acids is 1. The summed E-state index contributed by atoms with van der Waals surface area (Å²) >= 11 is 0. The SMILES string of the molecule is CCN(Cc1ccccc1)C(=O)CNC(=NC)NCc1cc(F)ccc1CS(C)(=O)=O.I. The first-order valence-electron chi connectivity index (χ1n) is 9.93. The Morgan fingerprint density at radius 3 is 2.38 bits per heavy atom. The second-order valence-electron chi connectivity index (χ2n) is 7.16. The number of likely N-dealkylation sites (N-methyl/N-ethyl adjacent to an activating group) is 1. The summed E-state index contributed by atoms with van der Waals surface area (Å²) < 4.78 is 37.0. The molecule has 0 aliphatic rings. The van der Waals surface area contributed by atoms with Gasteiger partial charge in [-0.3, -0.25) is 9.79 Å². The Labute approximate surface area is 206 Å². The fraction of sp³-hybridized carbons (Fsp3) is 0.364. The minimum atomic E-state index is -3.26. The third kappa shape index (κ3) is 9.51. The van der Waals surface area contributed by atoms with E-state index in [1.54, 1.807) is 11.9 Å². The molecule has 10 heteroatoms. The topological polar surface area (TPSA) is 90.9 Å². The number of nitrogens with zero attached hydrogens (tertiary/aromatic N) is 2. The first-order chi connectivity index (χ1) is 14.7. The van der Waals surface area contributed by atoms with Crippen molar-refractivity contribution in [2.45, 2.75) is 25.8 Å². The van der Waals surface area contributed by atoms with Crippen LogP contribution in [-0.4, -0.2) is 51.6 Å². The minimum absolute atomic E-state index is 0. The van der Waals surface area contributed by atoms with Crippen LogP contribution < -0.4 is 10.6 Å². The van der Waals surface area contributed by atoms with Gasteiger partial charge in [0, 0.05) is 32.9 Å². The van der Waals surface area contributed by atoms with Crippen LogP contribution in [0.2, 0.25) is 0 Å². The molecule has 2 rings (SSSR count). The maximum absolute atomic E-state index is 13.7. The Bertz CT molecular complexity index is 1020. The molecule has 0 aliphatic heterocycles. The van der Waals surface area contributed by atoms with Gasteiger partial charge in [0.25, 0.3) is 0 Å². The van der Waals surface area contributed by atoms with Gasteiger partial charge >= 0.3 is 0 Å². The van der Waals surface area contributed by atoms with Gasteiger partial charge in [0.15, 0.2) is 15.8 Å². The highest BCUT2D eigenvalue weighted by molar-refractivity contribution is 14.0. The summed E-state index contributed by atoms with van der Waals surface area (Å²) in [6, 6.07) is 13.7. The van der Waals surface area contributed by atoms with Crippen molar-refractivity contribution < 1.29 is 17.6 Å². The summed E-state index contributed by atoms with van der Waals surface area (Å²) in [6.45, 7) is 3.21. The molecule has 1 amide bonds. The molecule has 0 spiro atoms. The van der Waals surface area contributed by atoms with Crippen LogP contribution in [0.4, 0.5) is 4.39 Å². The fourth-order valence-corrected chi connectivity index (χ4v) is 3.88. The summed E-state index contributed by atoms with van der Waals surface area (Å²) in [4.78, 5) is 18.4. The van der Waals surface area contributed by atoms with E-state index in [-0.39, 0.29) is 48.7 Å². The van der Waals surface area contributed by atoms with Crippen LogP contribution >= 0.6 is 24.0 Å². The van der Waals surface area contributed by atoms with Crippen molar-refractivity contribution in [1.29, 1.82) is 0 Å². The second kappa shape index (κ2) is 13.4. The Hall–Kier alpha value is -2.21. The molecule has 32 heavy (non-hydrogen) atoms. The first kappa shape index (κ1) is 27.8. The molecular weight excluding hydrogens is 546 g/mol. The molecule has 0 unspecified atom stereocenters. The molecule has 0 atom stereocenters. The molecule has 0 aromatic heterocycles. The molecule has 0 bridgehead atoms. The zero-order chi connectivity index (χ0) is 22.9. The van der Waals surface area contributed by atoms with Gasteiger partial charge in [-0.1, -0.05) is 36.4 Å². The van der Waals surface area contributed by atoms with Crippen LogP contribution in [0, 0.1) is 5.82 Å². The van der Waals surface area contributed by atoms with Gasteiger partial charge in [0.1, 0.15) is 5.82 Å². The Morgan fingerprint density at radius 2 is 1.78 bits per heavy atom. The van der Waals surface area contributed by atoms with E-state index < -0.39 is 15.7 Å². The zero-order valence-corrected chi connectivity index (χ0v) is 21.6. The molecule has 0 heterocycles. The Balaban J connectivity index is 0.00000512. The van der Waals surface area contributed by atoms with Crippen molar-refractivity contribution in [2.75, 3.05) is 26.4 Å². The van der Waals surface area contributed by atoms with Crippen LogP contribution in [0.3, 0.4) is 0 Å². The smallest absolute Gasteiger partial charge is 0.242 e. The third-order valence-electron chi connectivity index (χ3n) is 4.61. The molecule has 0 saturated heterocycles. The number of nitrogens with one attached hydrogen (secondary N) is 2. The minimum Gasteiger partial charge on any atom is -0.352 e. The molecule has 176 valence electrons.